The Morgan fingerprint density at radius 3 is 2.53 bits per heavy atom. The summed E-state index contributed by atoms with van der Waals surface area (Å²) in [5, 5.41) is 6.89. The molecular formula is C14H22N2O. The topological polar surface area (TPSA) is 41.1 Å². The molecule has 17 heavy (non-hydrogen) atoms. The van der Waals surface area contributed by atoms with Crippen LogP contribution < -0.4 is 10.6 Å². The van der Waals surface area contributed by atoms with Crippen LogP contribution in [-0.4, -0.2) is 24.0 Å². The maximum atomic E-state index is 12.1. The molecule has 3 rings (SSSR count). The van der Waals surface area contributed by atoms with Crippen molar-refractivity contribution < 1.29 is 4.79 Å². The molecular weight excluding hydrogens is 212 g/mol. The first-order valence-corrected chi connectivity index (χ1v) is 7.02. The SMILES string of the molecule is O=C(NC1CC2CCC(C1)N2)C1CC=CCC1. The van der Waals surface area contributed by atoms with Gasteiger partial charge in [0, 0.05) is 24.0 Å². The Labute approximate surface area is 103 Å². The first kappa shape index (κ1) is 11.3. The van der Waals surface area contributed by atoms with Crippen LogP contribution in [0.1, 0.15) is 44.9 Å². The van der Waals surface area contributed by atoms with Crippen molar-refractivity contribution in [2.45, 2.75) is 63.1 Å². The Bertz CT molecular complexity index is 314. The first-order chi connectivity index (χ1) is 8.31. The highest BCUT2D eigenvalue weighted by molar-refractivity contribution is 5.79. The molecule has 3 heteroatoms. The average molecular weight is 234 g/mol. The van der Waals surface area contributed by atoms with E-state index in [9.17, 15) is 4.79 Å². The van der Waals surface area contributed by atoms with Gasteiger partial charge in [0.15, 0.2) is 0 Å². The molecule has 3 unspecified atom stereocenters. The highest BCUT2D eigenvalue weighted by Gasteiger charge is 2.34. The van der Waals surface area contributed by atoms with Gasteiger partial charge >= 0.3 is 0 Å². The Kier molecular flexibility index (Phi) is 3.19. The molecule has 1 amide bonds. The van der Waals surface area contributed by atoms with Crippen LogP contribution in [0.3, 0.4) is 0 Å². The number of piperidine rings is 1. The summed E-state index contributed by atoms with van der Waals surface area (Å²) in [4.78, 5) is 12.1. The fourth-order valence-electron chi connectivity index (χ4n) is 3.53. The summed E-state index contributed by atoms with van der Waals surface area (Å²) in [6.45, 7) is 0. The number of fused-ring (bicyclic) bond motifs is 2. The van der Waals surface area contributed by atoms with Gasteiger partial charge in [-0.05, 0) is 44.9 Å². The Hall–Kier alpha value is -0.830. The van der Waals surface area contributed by atoms with Crippen molar-refractivity contribution in [3.63, 3.8) is 0 Å². The van der Waals surface area contributed by atoms with Gasteiger partial charge in [-0.2, -0.15) is 0 Å². The lowest BCUT2D eigenvalue weighted by atomic mass is 9.92. The van der Waals surface area contributed by atoms with Crippen LogP contribution in [0.2, 0.25) is 0 Å². The minimum Gasteiger partial charge on any atom is -0.353 e. The molecule has 94 valence electrons. The lowest BCUT2D eigenvalue weighted by Gasteiger charge is -2.31. The van der Waals surface area contributed by atoms with E-state index in [4.69, 9.17) is 0 Å². The van der Waals surface area contributed by atoms with Crippen LogP contribution in [0.5, 0.6) is 0 Å². The lowest BCUT2D eigenvalue weighted by Crippen LogP contribution is -2.49. The van der Waals surface area contributed by atoms with Gasteiger partial charge in [-0.15, -0.1) is 0 Å². The number of allylic oxidation sites excluding steroid dienone is 2. The minimum absolute atomic E-state index is 0.229. The fraction of sp³-hybridized carbons (Fsp3) is 0.786. The molecule has 0 radical (unpaired) electrons. The number of hydrogen-bond donors (Lipinski definition) is 2. The zero-order valence-corrected chi connectivity index (χ0v) is 10.3. The second kappa shape index (κ2) is 4.81. The van der Waals surface area contributed by atoms with E-state index in [1.165, 1.54) is 12.8 Å². The molecule has 0 aromatic carbocycles. The number of carbonyl (C=O) groups is 1. The van der Waals surface area contributed by atoms with E-state index < -0.39 is 0 Å². The Morgan fingerprint density at radius 2 is 1.88 bits per heavy atom. The van der Waals surface area contributed by atoms with Crippen molar-refractivity contribution in [2.75, 3.05) is 0 Å². The van der Waals surface area contributed by atoms with Crippen LogP contribution in [0.4, 0.5) is 0 Å². The molecule has 2 heterocycles. The molecule has 0 aromatic rings. The predicted molar refractivity (Wildman–Crippen MR) is 67.6 cm³/mol. The maximum Gasteiger partial charge on any atom is 0.223 e. The molecule has 2 aliphatic heterocycles. The van der Waals surface area contributed by atoms with Crippen molar-refractivity contribution in [3.8, 4) is 0 Å². The van der Waals surface area contributed by atoms with Crippen molar-refractivity contribution in [2.24, 2.45) is 5.92 Å². The molecule has 0 aromatic heterocycles. The third-order valence-electron chi connectivity index (χ3n) is 4.46. The van der Waals surface area contributed by atoms with Crippen molar-refractivity contribution in [1.82, 2.24) is 10.6 Å². The molecule has 0 spiro atoms. The third kappa shape index (κ3) is 2.54. The van der Waals surface area contributed by atoms with Crippen molar-refractivity contribution >= 4 is 5.91 Å². The molecule has 3 atom stereocenters. The lowest BCUT2D eigenvalue weighted by molar-refractivity contribution is -0.126. The molecule has 1 aliphatic carbocycles. The van der Waals surface area contributed by atoms with E-state index >= 15 is 0 Å². The third-order valence-corrected chi connectivity index (χ3v) is 4.46. The predicted octanol–water partition coefficient (Wildman–Crippen LogP) is 1.74. The van der Waals surface area contributed by atoms with Gasteiger partial charge in [-0.3, -0.25) is 4.79 Å². The average Bonchev–Trinajstić information content (AvgIpc) is 2.70. The largest absolute Gasteiger partial charge is 0.353 e. The second-order valence-electron chi connectivity index (χ2n) is 5.80. The van der Waals surface area contributed by atoms with E-state index in [-0.39, 0.29) is 5.92 Å². The zero-order valence-electron chi connectivity index (χ0n) is 10.3. The van der Waals surface area contributed by atoms with E-state index in [0.717, 1.165) is 32.1 Å². The van der Waals surface area contributed by atoms with Crippen LogP contribution in [-0.2, 0) is 4.79 Å². The number of hydrogen-bond acceptors (Lipinski definition) is 2. The van der Waals surface area contributed by atoms with Crippen LogP contribution in [0.15, 0.2) is 12.2 Å². The van der Waals surface area contributed by atoms with Gasteiger partial charge in [0.25, 0.3) is 0 Å². The van der Waals surface area contributed by atoms with Crippen LogP contribution >= 0.6 is 0 Å². The van der Waals surface area contributed by atoms with Gasteiger partial charge in [-0.25, -0.2) is 0 Å². The monoisotopic (exact) mass is 234 g/mol. The van der Waals surface area contributed by atoms with Gasteiger partial charge in [0.05, 0.1) is 0 Å². The molecule has 0 saturated carbocycles. The van der Waals surface area contributed by atoms with Crippen LogP contribution in [0, 0.1) is 5.92 Å². The van der Waals surface area contributed by atoms with Gasteiger partial charge in [0.2, 0.25) is 5.91 Å². The maximum absolute atomic E-state index is 12.1. The van der Waals surface area contributed by atoms with E-state index in [0.29, 0.717) is 24.0 Å². The summed E-state index contributed by atoms with van der Waals surface area (Å²) in [5.74, 6) is 0.521. The van der Waals surface area contributed by atoms with Gasteiger partial charge < -0.3 is 10.6 Å². The number of rotatable bonds is 2. The van der Waals surface area contributed by atoms with Crippen molar-refractivity contribution in [1.29, 1.82) is 0 Å². The van der Waals surface area contributed by atoms with Crippen LogP contribution in [0.25, 0.3) is 0 Å². The summed E-state index contributed by atoms with van der Waals surface area (Å²) >= 11 is 0. The summed E-state index contributed by atoms with van der Waals surface area (Å²) in [6.07, 6.45) is 12.2. The Morgan fingerprint density at radius 1 is 1.12 bits per heavy atom. The zero-order chi connectivity index (χ0) is 11.7. The summed E-state index contributed by atoms with van der Waals surface area (Å²) < 4.78 is 0. The molecule has 3 nitrogen and oxygen atoms in total. The fourth-order valence-corrected chi connectivity index (χ4v) is 3.53. The smallest absolute Gasteiger partial charge is 0.223 e. The molecule has 3 aliphatic rings. The highest BCUT2D eigenvalue weighted by atomic mass is 16.1. The first-order valence-electron chi connectivity index (χ1n) is 7.02. The minimum atomic E-state index is 0.229. The summed E-state index contributed by atoms with van der Waals surface area (Å²) in [5.41, 5.74) is 0. The second-order valence-corrected chi connectivity index (χ2v) is 5.80. The van der Waals surface area contributed by atoms with E-state index in [1.807, 2.05) is 0 Å². The van der Waals surface area contributed by atoms with E-state index in [1.54, 1.807) is 0 Å². The van der Waals surface area contributed by atoms with E-state index in [2.05, 4.69) is 22.8 Å². The quantitative estimate of drug-likeness (QED) is 0.715. The van der Waals surface area contributed by atoms with Gasteiger partial charge in [-0.1, -0.05) is 12.2 Å². The molecule has 2 bridgehead atoms. The molecule has 2 saturated heterocycles. The Balaban J connectivity index is 1.52. The highest BCUT2D eigenvalue weighted by Crippen LogP contribution is 2.27. The number of nitrogens with one attached hydrogen (secondary N) is 2. The van der Waals surface area contributed by atoms with Gasteiger partial charge in [0.1, 0.15) is 0 Å². The number of carbonyl (C=O) groups excluding carboxylic acids is 1. The summed E-state index contributed by atoms with van der Waals surface area (Å²) in [6, 6.07) is 1.74. The molecule has 2 N–H and O–H groups in total. The molecule has 2 fully saturated rings. The normalized spacial score (nSPS) is 40.2. The summed E-state index contributed by atoms with van der Waals surface area (Å²) in [7, 11) is 0. The standard InChI is InChI=1S/C14H22N2O/c17-14(10-4-2-1-3-5-10)16-13-8-11-6-7-12(9-13)15-11/h1-2,10-13,15H,3-9H2,(H,16,17). The van der Waals surface area contributed by atoms with Crippen molar-refractivity contribution in [3.05, 3.63) is 12.2 Å². The number of amides is 1.